The zero-order chi connectivity index (χ0) is 22.1. The molecule has 6 heteroatoms. The van der Waals surface area contributed by atoms with Crippen LogP contribution in [0.1, 0.15) is 12.5 Å². The maximum absolute atomic E-state index is 9.01. The number of aromatic nitrogens is 2. The predicted molar refractivity (Wildman–Crippen MR) is 124 cm³/mol. The minimum atomic E-state index is 0.555. The average Bonchev–Trinajstić information content (AvgIpc) is 2.81. The van der Waals surface area contributed by atoms with Crippen molar-refractivity contribution in [1.82, 2.24) is 15.3 Å². The Balaban J connectivity index is 1.73. The van der Waals surface area contributed by atoms with Crippen LogP contribution in [0.2, 0.25) is 0 Å². The van der Waals surface area contributed by atoms with Crippen molar-refractivity contribution in [3.05, 3.63) is 90.2 Å². The number of para-hydroxylation sites is 1. The maximum Gasteiger partial charge on any atom is 0.162 e. The van der Waals surface area contributed by atoms with Crippen LogP contribution in [0.15, 0.2) is 84.6 Å². The van der Waals surface area contributed by atoms with E-state index in [-0.39, 0.29) is 0 Å². The van der Waals surface area contributed by atoms with Crippen LogP contribution in [0.5, 0.6) is 0 Å². The molecule has 0 fully saturated rings. The van der Waals surface area contributed by atoms with Crippen molar-refractivity contribution in [3.8, 4) is 23.5 Å². The molecule has 0 aliphatic rings. The minimum Gasteiger partial charge on any atom is -0.389 e. The molecule has 2 aromatic carbocycles. The largest absolute Gasteiger partial charge is 0.389 e. The van der Waals surface area contributed by atoms with Gasteiger partial charge in [0.1, 0.15) is 5.82 Å². The first-order valence-electron chi connectivity index (χ1n) is 9.81. The van der Waals surface area contributed by atoms with Crippen molar-refractivity contribution in [2.24, 2.45) is 0 Å². The number of benzene rings is 2. The number of rotatable bonds is 8. The third-order valence-electron chi connectivity index (χ3n) is 4.64. The van der Waals surface area contributed by atoms with E-state index in [0.29, 0.717) is 30.1 Å². The summed E-state index contributed by atoms with van der Waals surface area (Å²) in [6.07, 6.45) is 5.22. The number of fused-ring (bicyclic) bond motifs is 1. The average molecular weight is 406 g/mol. The second kappa shape index (κ2) is 10.4. The highest BCUT2D eigenvalue weighted by atomic mass is 15.0. The topological polar surface area (TPSA) is 97.4 Å². The van der Waals surface area contributed by atoms with E-state index < -0.39 is 0 Å². The second-order valence-electron chi connectivity index (χ2n) is 6.73. The lowest BCUT2D eigenvalue weighted by Crippen LogP contribution is -2.18. The Morgan fingerprint density at radius 2 is 1.84 bits per heavy atom. The van der Waals surface area contributed by atoms with Gasteiger partial charge in [-0.1, -0.05) is 24.8 Å². The van der Waals surface area contributed by atoms with Crippen molar-refractivity contribution >= 4 is 16.7 Å². The van der Waals surface area contributed by atoms with Crippen LogP contribution in [0.3, 0.4) is 0 Å². The molecule has 0 bridgehead atoms. The van der Waals surface area contributed by atoms with Crippen LogP contribution in [0, 0.1) is 22.7 Å². The van der Waals surface area contributed by atoms with Gasteiger partial charge < -0.3 is 10.6 Å². The number of anilines is 1. The zero-order valence-electron chi connectivity index (χ0n) is 17.3. The summed E-state index contributed by atoms with van der Waals surface area (Å²) in [6, 6.07) is 19.3. The first kappa shape index (κ1) is 21.3. The molecule has 31 heavy (non-hydrogen) atoms. The highest BCUT2D eigenvalue weighted by Crippen LogP contribution is 2.25. The molecule has 0 amide bonds. The van der Waals surface area contributed by atoms with Crippen LogP contribution in [-0.2, 0) is 0 Å². The van der Waals surface area contributed by atoms with Crippen LogP contribution in [-0.4, -0.2) is 23.1 Å². The van der Waals surface area contributed by atoms with Crippen molar-refractivity contribution in [2.75, 3.05) is 18.4 Å². The fraction of sp³-hybridized carbons (Fsp3) is 0.120. The summed E-state index contributed by atoms with van der Waals surface area (Å²) in [5.41, 5.74) is 3.71. The van der Waals surface area contributed by atoms with Crippen molar-refractivity contribution in [2.45, 2.75) is 6.92 Å². The smallest absolute Gasteiger partial charge is 0.162 e. The molecule has 2 N–H and O–H groups in total. The van der Waals surface area contributed by atoms with Gasteiger partial charge in [0.05, 0.1) is 28.8 Å². The summed E-state index contributed by atoms with van der Waals surface area (Å²) in [6.45, 7) is 6.82. The van der Waals surface area contributed by atoms with Crippen molar-refractivity contribution in [1.29, 1.82) is 10.5 Å². The molecular weight excluding hydrogens is 384 g/mol. The number of hydrogen-bond acceptors (Lipinski definition) is 6. The fourth-order valence-corrected chi connectivity index (χ4v) is 2.94. The van der Waals surface area contributed by atoms with Gasteiger partial charge in [-0.05, 0) is 61.2 Å². The first-order valence-corrected chi connectivity index (χ1v) is 9.81. The summed E-state index contributed by atoms with van der Waals surface area (Å²) in [5.74, 6) is 1.36. The first-order chi connectivity index (χ1) is 15.2. The van der Waals surface area contributed by atoms with E-state index >= 15 is 0 Å². The standard InChI is InChI=1S/C25H22N6/c1-3-20(17-27)18(2)12-13-28-14-15-29-25-22-6-4-5-7-23(22)30-24(31-25)21-10-8-19(16-26)9-11-21/h3-13,28H,1,14-15H2,2H3,(H,29,30,31)/b13-12+,20-18+. The molecule has 0 atom stereocenters. The van der Waals surface area contributed by atoms with Gasteiger partial charge in [0.15, 0.2) is 5.82 Å². The van der Waals surface area contributed by atoms with E-state index in [1.807, 2.05) is 55.6 Å². The molecule has 0 saturated carbocycles. The molecule has 0 unspecified atom stereocenters. The van der Waals surface area contributed by atoms with Gasteiger partial charge in [-0.25, -0.2) is 9.97 Å². The fourth-order valence-electron chi connectivity index (χ4n) is 2.94. The highest BCUT2D eigenvalue weighted by Gasteiger charge is 2.09. The molecule has 152 valence electrons. The Kier molecular flexibility index (Phi) is 7.13. The molecule has 6 nitrogen and oxygen atoms in total. The molecule has 3 rings (SSSR count). The number of nitrogens with zero attached hydrogens (tertiary/aromatic N) is 4. The third-order valence-corrected chi connectivity index (χ3v) is 4.64. The van der Waals surface area contributed by atoms with Gasteiger partial charge >= 0.3 is 0 Å². The Morgan fingerprint density at radius 3 is 2.55 bits per heavy atom. The van der Waals surface area contributed by atoms with Gasteiger partial charge in [-0.15, -0.1) is 0 Å². The SMILES string of the molecule is C=C/C(C#N)=C(C)\C=C\NCCNc1nc(-c2ccc(C#N)cc2)nc2ccccc12. The number of hydrogen-bond donors (Lipinski definition) is 2. The van der Waals surface area contributed by atoms with Crippen LogP contribution in [0.4, 0.5) is 5.82 Å². The predicted octanol–water partition coefficient (Wildman–Crippen LogP) is 4.71. The number of nitrogens with one attached hydrogen (secondary N) is 2. The van der Waals surface area contributed by atoms with Gasteiger partial charge in [0, 0.05) is 24.0 Å². The Morgan fingerprint density at radius 1 is 1.06 bits per heavy atom. The van der Waals surface area contributed by atoms with E-state index in [1.54, 1.807) is 18.2 Å². The number of allylic oxidation sites excluding steroid dienone is 4. The van der Waals surface area contributed by atoms with Gasteiger partial charge in [0.2, 0.25) is 0 Å². The Labute approximate surface area is 181 Å². The van der Waals surface area contributed by atoms with Crippen LogP contribution >= 0.6 is 0 Å². The molecule has 0 radical (unpaired) electrons. The molecule has 0 saturated heterocycles. The van der Waals surface area contributed by atoms with E-state index in [4.69, 9.17) is 15.5 Å². The van der Waals surface area contributed by atoms with Gasteiger partial charge in [-0.2, -0.15) is 10.5 Å². The molecule has 1 aromatic heterocycles. The van der Waals surface area contributed by atoms with Crippen LogP contribution in [0.25, 0.3) is 22.3 Å². The van der Waals surface area contributed by atoms with E-state index in [1.165, 1.54) is 0 Å². The maximum atomic E-state index is 9.01. The molecule has 1 heterocycles. The lowest BCUT2D eigenvalue weighted by Gasteiger charge is -2.11. The lowest BCUT2D eigenvalue weighted by molar-refractivity contribution is 0.865. The summed E-state index contributed by atoms with van der Waals surface area (Å²) in [5, 5.41) is 25.5. The molecular formula is C25H22N6. The zero-order valence-corrected chi connectivity index (χ0v) is 17.3. The third kappa shape index (κ3) is 5.35. The van der Waals surface area contributed by atoms with Crippen molar-refractivity contribution in [3.63, 3.8) is 0 Å². The molecule has 0 spiro atoms. The quantitative estimate of drug-likeness (QED) is 0.319. The van der Waals surface area contributed by atoms with E-state index in [2.05, 4.69) is 34.3 Å². The molecule has 0 aliphatic heterocycles. The number of nitriles is 2. The summed E-state index contributed by atoms with van der Waals surface area (Å²) in [4.78, 5) is 9.38. The normalized spacial score (nSPS) is 11.5. The highest BCUT2D eigenvalue weighted by molar-refractivity contribution is 5.90. The second-order valence-corrected chi connectivity index (χ2v) is 6.73. The summed E-state index contributed by atoms with van der Waals surface area (Å²) < 4.78 is 0. The molecule has 0 aliphatic carbocycles. The monoisotopic (exact) mass is 406 g/mol. The molecule has 3 aromatic rings. The lowest BCUT2D eigenvalue weighted by atomic mass is 10.1. The minimum absolute atomic E-state index is 0.555. The Bertz CT molecular complexity index is 1220. The summed E-state index contributed by atoms with van der Waals surface area (Å²) >= 11 is 0. The summed E-state index contributed by atoms with van der Waals surface area (Å²) in [7, 11) is 0. The van der Waals surface area contributed by atoms with E-state index in [0.717, 1.165) is 27.9 Å². The van der Waals surface area contributed by atoms with Gasteiger partial charge in [-0.3, -0.25) is 0 Å². The van der Waals surface area contributed by atoms with Crippen molar-refractivity contribution < 1.29 is 0 Å². The van der Waals surface area contributed by atoms with Crippen LogP contribution < -0.4 is 10.6 Å². The Hall–Kier alpha value is -4.42. The van der Waals surface area contributed by atoms with E-state index in [9.17, 15) is 0 Å². The van der Waals surface area contributed by atoms with Gasteiger partial charge in [0.25, 0.3) is 0 Å².